The Morgan fingerprint density at radius 3 is 2.50 bits per heavy atom. The molecule has 1 saturated carbocycles. The lowest BCUT2D eigenvalue weighted by atomic mass is 9.85. The zero-order chi connectivity index (χ0) is 25.3. The first-order valence-corrected chi connectivity index (χ1v) is 14.1. The first-order chi connectivity index (χ1) is 17.6. The molecule has 6 heteroatoms. The summed E-state index contributed by atoms with van der Waals surface area (Å²) in [5, 5.41) is 3.29. The molecule has 2 aromatic rings. The van der Waals surface area contributed by atoms with Crippen LogP contribution >= 0.6 is 11.6 Å². The predicted molar refractivity (Wildman–Crippen MR) is 144 cm³/mol. The van der Waals surface area contributed by atoms with Crippen molar-refractivity contribution in [1.82, 2.24) is 10.2 Å². The number of amides is 2. The van der Waals surface area contributed by atoms with Crippen LogP contribution in [0.5, 0.6) is 5.75 Å². The Hall–Kier alpha value is -2.53. The van der Waals surface area contributed by atoms with Crippen molar-refractivity contribution in [3.63, 3.8) is 0 Å². The van der Waals surface area contributed by atoms with Gasteiger partial charge in [0.05, 0.1) is 12.6 Å². The summed E-state index contributed by atoms with van der Waals surface area (Å²) < 4.78 is 5.85. The van der Waals surface area contributed by atoms with E-state index >= 15 is 0 Å². The number of unbranched alkanes of at least 4 members (excludes halogenated alkanes) is 1. The Morgan fingerprint density at radius 2 is 1.78 bits per heavy atom. The van der Waals surface area contributed by atoms with Crippen molar-refractivity contribution in [2.45, 2.75) is 89.3 Å². The third-order valence-electron chi connectivity index (χ3n) is 7.52. The van der Waals surface area contributed by atoms with Crippen molar-refractivity contribution in [2.24, 2.45) is 0 Å². The minimum Gasteiger partial charge on any atom is -0.494 e. The van der Waals surface area contributed by atoms with E-state index in [1.165, 1.54) is 12.0 Å². The summed E-state index contributed by atoms with van der Waals surface area (Å²) in [6, 6.07) is 15.2. The Kier molecular flexibility index (Phi) is 9.68. The first kappa shape index (κ1) is 26.5. The van der Waals surface area contributed by atoms with Gasteiger partial charge in [-0.25, -0.2) is 0 Å². The number of nitrogens with one attached hydrogen (secondary N) is 1. The molecule has 5 nitrogen and oxygen atoms in total. The highest BCUT2D eigenvalue weighted by Crippen LogP contribution is 2.40. The smallest absolute Gasteiger partial charge is 0.247 e. The quantitative estimate of drug-likeness (QED) is 0.293. The number of fused-ring (bicyclic) bond motifs is 1. The van der Waals surface area contributed by atoms with Gasteiger partial charge in [0, 0.05) is 6.04 Å². The molecule has 1 fully saturated rings. The van der Waals surface area contributed by atoms with Gasteiger partial charge in [-0.3, -0.25) is 9.59 Å². The van der Waals surface area contributed by atoms with Crippen LogP contribution in [0, 0.1) is 0 Å². The lowest BCUT2D eigenvalue weighted by Crippen LogP contribution is -2.49. The van der Waals surface area contributed by atoms with E-state index < -0.39 is 6.04 Å². The molecule has 194 valence electrons. The van der Waals surface area contributed by atoms with Gasteiger partial charge in [0.2, 0.25) is 11.8 Å². The van der Waals surface area contributed by atoms with Crippen LogP contribution in [0.15, 0.2) is 48.5 Å². The van der Waals surface area contributed by atoms with Crippen LogP contribution in [0.1, 0.15) is 93.5 Å². The van der Waals surface area contributed by atoms with E-state index in [4.69, 9.17) is 16.3 Å². The van der Waals surface area contributed by atoms with Crippen LogP contribution in [0.3, 0.4) is 0 Å². The maximum atomic E-state index is 13.9. The molecule has 0 bridgehead atoms. The van der Waals surface area contributed by atoms with Gasteiger partial charge in [0.15, 0.2) is 0 Å². The molecular formula is C30H39ClN2O3. The molecule has 1 N–H and O–H groups in total. The van der Waals surface area contributed by atoms with Crippen LogP contribution in [0.4, 0.5) is 0 Å². The van der Waals surface area contributed by atoms with Gasteiger partial charge in [-0.1, -0.05) is 69.0 Å². The van der Waals surface area contributed by atoms with Crippen molar-refractivity contribution in [1.29, 1.82) is 0 Å². The van der Waals surface area contributed by atoms with E-state index in [2.05, 4.69) is 24.4 Å². The lowest BCUT2D eigenvalue weighted by Gasteiger charge is -2.41. The molecule has 2 amide bonds. The number of hydrogen-bond donors (Lipinski definition) is 1. The SMILES string of the molecule is CCCCOc1ccc([C@@H](C(=O)NC2CCCCC2)N(C(=O)CCl)[C@H]2CCCc3ccccc32)cc1. The Morgan fingerprint density at radius 1 is 1.03 bits per heavy atom. The van der Waals surface area contributed by atoms with Crippen LogP contribution < -0.4 is 10.1 Å². The van der Waals surface area contributed by atoms with Gasteiger partial charge in [-0.2, -0.15) is 0 Å². The Bertz CT molecular complexity index is 1000. The monoisotopic (exact) mass is 510 g/mol. The first-order valence-electron chi connectivity index (χ1n) is 13.6. The highest BCUT2D eigenvalue weighted by atomic mass is 35.5. The van der Waals surface area contributed by atoms with E-state index in [9.17, 15) is 9.59 Å². The molecule has 0 saturated heterocycles. The number of rotatable bonds is 10. The molecule has 0 aromatic heterocycles. The van der Waals surface area contributed by atoms with E-state index in [1.54, 1.807) is 4.90 Å². The fourth-order valence-electron chi connectivity index (χ4n) is 5.63. The molecular weight excluding hydrogens is 472 g/mol. The average molecular weight is 511 g/mol. The number of alkyl halides is 1. The van der Waals surface area contributed by atoms with E-state index in [0.29, 0.717) is 6.61 Å². The predicted octanol–water partition coefficient (Wildman–Crippen LogP) is 6.50. The second kappa shape index (κ2) is 13.1. The summed E-state index contributed by atoms with van der Waals surface area (Å²) in [4.78, 5) is 29.2. The fraction of sp³-hybridized carbons (Fsp3) is 0.533. The van der Waals surface area contributed by atoms with Crippen LogP contribution in [0.2, 0.25) is 0 Å². The number of ether oxygens (including phenoxy) is 1. The van der Waals surface area contributed by atoms with Gasteiger partial charge in [0.1, 0.15) is 17.7 Å². The second-order valence-electron chi connectivity index (χ2n) is 10.1. The molecule has 0 spiro atoms. The summed E-state index contributed by atoms with van der Waals surface area (Å²) >= 11 is 6.17. The van der Waals surface area contributed by atoms with Gasteiger partial charge in [-0.05, 0) is 67.3 Å². The van der Waals surface area contributed by atoms with Crippen LogP contribution in [0.25, 0.3) is 0 Å². The summed E-state index contributed by atoms with van der Waals surface area (Å²) in [5.41, 5.74) is 3.15. The summed E-state index contributed by atoms with van der Waals surface area (Å²) in [6.07, 6.45) is 10.3. The van der Waals surface area contributed by atoms with Gasteiger partial charge < -0.3 is 15.0 Å². The molecule has 4 rings (SSSR count). The van der Waals surface area contributed by atoms with E-state index in [0.717, 1.165) is 74.7 Å². The summed E-state index contributed by atoms with van der Waals surface area (Å²) in [6.45, 7) is 2.80. The number of halogens is 1. The minimum atomic E-state index is -0.751. The van der Waals surface area contributed by atoms with Gasteiger partial charge in [-0.15, -0.1) is 11.6 Å². The molecule has 0 heterocycles. The number of carbonyl (C=O) groups is 2. The lowest BCUT2D eigenvalue weighted by molar-refractivity contribution is -0.142. The van der Waals surface area contributed by atoms with Gasteiger partial charge >= 0.3 is 0 Å². The van der Waals surface area contributed by atoms with Crippen molar-refractivity contribution in [3.05, 3.63) is 65.2 Å². The topological polar surface area (TPSA) is 58.6 Å². The third kappa shape index (κ3) is 6.42. The second-order valence-corrected chi connectivity index (χ2v) is 10.3. The average Bonchev–Trinajstić information content (AvgIpc) is 2.92. The summed E-state index contributed by atoms with van der Waals surface area (Å²) in [7, 11) is 0. The zero-order valence-corrected chi connectivity index (χ0v) is 22.1. The minimum absolute atomic E-state index is 0.122. The summed E-state index contributed by atoms with van der Waals surface area (Å²) in [5.74, 6) is 0.273. The van der Waals surface area contributed by atoms with Crippen molar-refractivity contribution < 1.29 is 14.3 Å². The molecule has 0 radical (unpaired) electrons. The normalized spacial score (nSPS) is 18.7. The van der Waals surface area contributed by atoms with E-state index in [1.807, 2.05) is 36.4 Å². The van der Waals surface area contributed by atoms with Crippen molar-refractivity contribution in [3.8, 4) is 5.75 Å². The van der Waals surface area contributed by atoms with Crippen LogP contribution in [-0.2, 0) is 16.0 Å². The fourth-order valence-corrected chi connectivity index (χ4v) is 5.77. The molecule has 2 aromatic carbocycles. The molecule has 2 aliphatic carbocycles. The van der Waals surface area contributed by atoms with Crippen LogP contribution in [-0.4, -0.2) is 35.2 Å². The molecule has 36 heavy (non-hydrogen) atoms. The molecule has 0 unspecified atom stereocenters. The largest absolute Gasteiger partial charge is 0.494 e. The molecule has 0 aliphatic heterocycles. The number of hydrogen-bond acceptors (Lipinski definition) is 3. The number of aryl methyl sites for hydroxylation is 1. The Labute approximate surface area is 220 Å². The van der Waals surface area contributed by atoms with Gasteiger partial charge in [0.25, 0.3) is 0 Å². The maximum absolute atomic E-state index is 13.9. The molecule has 2 aliphatic rings. The van der Waals surface area contributed by atoms with E-state index in [-0.39, 0.29) is 29.8 Å². The number of nitrogens with zero attached hydrogens (tertiary/aromatic N) is 1. The maximum Gasteiger partial charge on any atom is 0.247 e. The molecule has 2 atom stereocenters. The van der Waals surface area contributed by atoms with Crippen molar-refractivity contribution >= 4 is 23.4 Å². The number of benzene rings is 2. The third-order valence-corrected chi connectivity index (χ3v) is 7.75. The standard InChI is InChI=1S/C30H39ClN2O3/c1-2-3-20-36-25-18-16-23(17-19-25)29(30(35)32-24-12-5-4-6-13-24)33(28(34)21-31)27-15-9-11-22-10-7-8-14-26(22)27/h7-8,10,14,16-19,24,27,29H,2-6,9,11-13,15,20-21H2,1H3,(H,32,35)/t27-,29-/m0/s1. The zero-order valence-electron chi connectivity index (χ0n) is 21.4. The highest BCUT2D eigenvalue weighted by molar-refractivity contribution is 6.27. The number of carbonyl (C=O) groups excluding carboxylic acids is 2. The van der Waals surface area contributed by atoms with Crippen molar-refractivity contribution in [2.75, 3.05) is 12.5 Å². The highest BCUT2D eigenvalue weighted by Gasteiger charge is 2.39. The Balaban J connectivity index is 1.69.